The Morgan fingerprint density at radius 1 is 1.56 bits per heavy atom. The Hall–Kier alpha value is -0.950. The third-order valence-electron chi connectivity index (χ3n) is 3.26. The number of nitrogens with one attached hydrogen (secondary N) is 3. The van der Waals surface area contributed by atoms with Crippen LogP contribution in [-0.4, -0.2) is 56.0 Å². The lowest BCUT2D eigenvalue weighted by atomic mass is 10.1. The number of methoxy groups -OCH3 is 2. The maximum Gasteiger partial charge on any atom is 0.0928 e. The largest absolute Gasteiger partial charge is 0.382 e. The van der Waals surface area contributed by atoms with E-state index in [1.807, 2.05) is 0 Å². The second-order valence-corrected chi connectivity index (χ2v) is 4.58. The highest BCUT2D eigenvalue weighted by atomic mass is 16.5. The van der Waals surface area contributed by atoms with Gasteiger partial charge in [-0.2, -0.15) is 0 Å². The molecule has 0 bridgehead atoms. The SMILES string of the molecule is COCC(CNCC1Cc2nc[nH]c2CN1)OC. The molecule has 1 aromatic rings. The third-order valence-corrected chi connectivity index (χ3v) is 3.26. The second-order valence-electron chi connectivity index (χ2n) is 4.58. The van der Waals surface area contributed by atoms with Crippen LogP contribution in [0.4, 0.5) is 0 Å². The Balaban J connectivity index is 1.69. The van der Waals surface area contributed by atoms with Gasteiger partial charge in [0.15, 0.2) is 0 Å². The minimum atomic E-state index is 0.111. The number of hydrogen-bond acceptors (Lipinski definition) is 5. The van der Waals surface area contributed by atoms with Crippen LogP contribution < -0.4 is 10.6 Å². The van der Waals surface area contributed by atoms with Gasteiger partial charge in [0.25, 0.3) is 0 Å². The van der Waals surface area contributed by atoms with Gasteiger partial charge >= 0.3 is 0 Å². The molecule has 2 heterocycles. The molecule has 6 heteroatoms. The number of nitrogens with zero attached hydrogens (tertiary/aromatic N) is 1. The molecule has 3 N–H and O–H groups in total. The number of aromatic amines is 1. The molecule has 0 aromatic carbocycles. The molecule has 0 fully saturated rings. The Labute approximate surface area is 107 Å². The molecule has 102 valence electrons. The first-order valence-corrected chi connectivity index (χ1v) is 6.30. The van der Waals surface area contributed by atoms with Crippen LogP contribution in [0.25, 0.3) is 0 Å². The summed E-state index contributed by atoms with van der Waals surface area (Å²) in [6.07, 6.45) is 2.84. The number of fused-ring (bicyclic) bond motifs is 1. The number of imidazole rings is 1. The van der Waals surface area contributed by atoms with Gasteiger partial charge in [-0.1, -0.05) is 0 Å². The average Bonchev–Trinajstić information content (AvgIpc) is 2.85. The molecule has 1 aliphatic rings. The highest BCUT2D eigenvalue weighted by Crippen LogP contribution is 2.11. The van der Waals surface area contributed by atoms with E-state index in [2.05, 4.69) is 20.6 Å². The van der Waals surface area contributed by atoms with Crippen molar-refractivity contribution in [1.29, 1.82) is 0 Å². The number of aromatic nitrogens is 2. The van der Waals surface area contributed by atoms with E-state index in [0.717, 1.165) is 26.1 Å². The van der Waals surface area contributed by atoms with Crippen molar-refractivity contribution < 1.29 is 9.47 Å². The highest BCUT2D eigenvalue weighted by Gasteiger charge is 2.19. The molecule has 0 aliphatic carbocycles. The fourth-order valence-electron chi connectivity index (χ4n) is 2.19. The van der Waals surface area contributed by atoms with Crippen LogP contribution in [0.2, 0.25) is 0 Å². The van der Waals surface area contributed by atoms with Gasteiger partial charge in [-0.05, 0) is 0 Å². The average molecular weight is 254 g/mol. The van der Waals surface area contributed by atoms with E-state index in [-0.39, 0.29) is 6.10 Å². The molecule has 2 unspecified atom stereocenters. The Kier molecular flexibility index (Phi) is 5.12. The molecule has 2 rings (SSSR count). The van der Waals surface area contributed by atoms with Gasteiger partial charge in [0.05, 0.1) is 30.4 Å². The van der Waals surface area contributed by atoms with Crippen molar-refractivity contribution in [3.05, 3.63) is 17.7 Å². The van der Waals surface area contributed by atoms with E-state index < -0.39 is 0 Å². The van der Waals surface area contributed by atoms with Crippen molar-refractivity contribution in [3.8, 4) is 0 Å². The van der Waals surface area contributed by atoms with Crippen molar-refractivity contribution in [2.45, 2.75) is 25.1 Å². The molecule has 0 spiro atoms. The first-order valence-electron chi connectivity index (χ1n) is 6.30. The van der Waals surface area contributed by atoms with E-state index >= 15 is 0 Å². The number of rotatable bonds is 7. The molecule has 0 radical (unpaired) electrons. The molecule has 0 saturated heterocycles. The molecular weight excluding hydrogens is 232 g/mol. The second kappa shape index (κ2) is 6.84. The molecular formula is C12H22N4O2. The van der Waals surface area contributed by atoms with Crippen molar-refractivity contribution in [3.63, 3.8) is 0 Å². The van der Waals surface area contributed by atoms with Gasteiger partial charge in [0, 0.05) is 46.3 Å². The molecule has 6 nitrogen and oxygen atoms in total. The molecule has 2 atom stereocenters. The predicted molar refractivity (Wildman–Crippen MR) is 68.5 cm³/mol. The van der Waals surface area contributed by atoms with Gasteiger partial charge in [0.2, 0.25) is 0 Å². The zero-order chi connectivity index (χ0) is 12.8. The quantitative estimate of drug-likeness (QED) is 0.622. The topological polar surface area (TPSA) is 71.2 Å². The van der Waals surface area contributed by atoms with Gasteiger partial charge in [0.1, 0.15) is 0 Å². The summed E-state index contributed by atoms with van der Waals surface area (Å²) in [6.45, 7) is 3.20. The summed E-state index contributed by atoms with van der Waals surface area (Å²) in [4.78, 5) is 7.48. The van der Waals surface area contributed by atoms with Crippen molar-refractivity contribution >= 4 is 0 Å². The number of H-pyrrole nitrogens is 1. The standard InChI is InChI=1S/C12H22N4O2/c1-17-7-10(18-2)5-13-4-9-3-11-12(6-14-9)16-8-15-11/h8-10,13-14H,3-7H2,1-2H3,(H,15,16). The lowest BCUT2D eigenvalue weighted by molar-refractivity contribution is 0.0287. The van der Waals surface area contributed by atoms with E-state index in [1.54, 1.807) is 20.5 Å². The summed E-state index contributed by atoms with van der Waals surface area (Å²) in [5.74, 6) is 0. The van der Waals surface area contributed by atoms with Crippen molar-refractivity contribution in [2.24, 2.45) is 0 Å². The summed E-state index contributed by atoms with van der Waals surface area (Å²) in [7, 11) is 3.40. The minimum Gasteiger partial charge on any atom is -0.382 e. The summed E-state index contributed by atoms with van der Waals surface area (Å²) < 4.78 is 10.4. The fourth-order valence-corrected chi connectivity index (χ4v) is 2.19. The number of hydrogen-bond donors (Lipinski definition) is 3. The van der Waals surface area contributed by atoms with Crippen LogP contribution in [0.1, 0.15) is 11.4 Å². The van der Waals surface area contributed by atoms with E-state index in [4.69, 9.17) is 9.47 Å². The molecule has 1 aliphatic heterocycles. The molecule has 0 saturated carbocycles. The van der Waals surface area contributed by atoms with Gasteiger partial charge in [-0.25, -0.2) is 4.98 Å². The first kappa shape index (κ1) is 13.5. The van der Waals surface area contributed by atoms with E-state index in [9.17, 15) is 0 Å². The molecule has 0 amide bonds. The minimum absolute atomic E-state index is 0.111. The first-order chi connectivity index (χ1) is 8.83. The van der Waals surface area contributed by atoms with Crippen molar-refractivity contribution in [1.82, 2.24) is 20.6 Å². The Morgan fingerprint density at radius 2 is 2.44 bits per heavy atom. The summed E-state index contributed by atoms with van der Waals surface area (Å²) >= 11 is 0. The third kappa shape index (κ3) is 3.52. The maximum absolute atomic E-state index is 5.30. The summed E-state index contributed by atoms with van der Waals surface area (Å²) in [5, 5.41) is 6.89. The lowest BCUT2D eigenvalue weighted by Gasteiger charge is -2.24. The van der Waals surface area contributed by atoms with Crippen LogP contribution in [0.15, 0.2) is 6.33 Å². The summed E-state index contributed by atoms with van der Waals surface area (Å²) in [6, 6.07) is 0.431. The molecule has 18 heavy (non-hydrogen) atoms. The molecule has 1 aromatic heterocycles. The maximum atomic E-state index is 5.30. The summed E-state index contributed by atoms with van der Waals surface area (Å²) in [5.41, 5.74) is 2.39. The van der Waals surface area contributed by atoms with Crippen LogP contribution >= 0.6 is 0 Å². The van der Waals surface area contributed by atoms with Crippen LogP contribution in [0.3, 0.4) is 0 Å². The lowest BCUT2D eigenvalue weighted by Crippen LogP contribution is -2.45. The van der Waals surface area contributed by atoms with E-state index in [0.29, 0.717) is 12.6 Å². The van der Waals surface area contributed by atoms with Gasteiger partial charge in [-0.3, -0.25) is 0 Å². The van der Waals surface area contributed by atoms with Crippen LogP contribution in [0.5, 0.6) is 0 Å². The van der Waals surface area contributed by atoms with Crippen LogP contribution in [-0.2, 0) is 22.4 Å². The Morgan fingerprint density at radius 3 is 3.22 bits per heavy atom. The van der Waals surface area contributed by atoms with Crippen LogP contribution in [0, 0.1) is 0 Å². The van der Waals surface area contributed by atoms with Gasteiger partial charge < -0.3 is 25.1 Å². The zero-order valence-electron chi connectivity index (χ0n) is 11.0. The number of ether oxygens (including phenoxy) is 2. The normalized spacial score (nSPS) is 20.7. The van der Waals surface area contributed by atoms with E-state index in [1.165, 1.54) is 11.4 Å². The Bertz CT molecular complexity index is 356. The smallest absolute Gasteiger partial charge is 0.0928 e. The highest BCUT2D eigenvalue weighted by molar-refractivity contribution is 5.15. The fraction of sp³-hybridized carbons (Fsp3) is 0.750. The van der Waals surface area contributed by atoms with Gasteiger partial charge in [-0.15, -0.1) is 0 Å². The predicted octanol–water partition coefficient (Wildman–Crippen LogP) is -0.325. The van der Waals surface area contributed by atoms with Crippen molar-refractivity contribution in [2.75, 3.05) is 33.9 Å². The zero-order valence-corrected chi connectivity index (χ0v) is 11.0. The monoisotopic (exact) mass is 254 g/mol.